The highest BCUT2D eigenvalue weighted by molar-refractivity contribution is 5.84. The smallest absolute Gasteiger partial charge is 0.227 e. The van der Waals surface area contributed by atoms with Crippen LogP contribution < -0.4 is 5.32 Å². The molecular weight excluding hydrogens is 396 g/mol. The van der Waals surface area contributed by atoms with Gasteiger partial charge in [0.15, 0.2) is 0 Å². The number of benzene rings is 1. The maximum atomic E-state index is 13.6. The molecular formula is C27H32N4O. The van der Waals surface area contributed by atoms with Crippen LogP contribution >= 0.6 is 0 Å². The Bertz CT molecular complexity index is 1020. The zero-order valence-corrected chi connectivity index (χ0v) is 19.0. The second-order valence-electron chi connectivity index (χ2n) is 9.28. The number of pyridine rings is 2. The quantitative estimate of drug-likeness (QED) is 0.579. The second-order valence-corrected chi connectivity index (χ2v) is 9.28. The Kier molecular flexibility index (Phi) is 6.96. The lowest BCUT2D eigenvalue weighted by Crippen LogP contribution is -2.45. The van der Waals surface area contributed by atoms with Gasteiger partial charge >= 0.3 is 0 Å². The standard InChI is InChI=1S/C27H32N4O/c1-21(2)17-30-26(32)27(11-15-31(20-27)19-22-9-13-28-14-10-22)16-23-6-3-4-8-25(23)24-7-5-12-29-18-24/h3-10,12-14,18,21H,11,15-17,19-20H2,1-2H3,(H,30,32)/t27-/m0/s1. The molecule has 166 valence electrons. The summed E-state index contributed by atoms with van der Waals surface area (Å²) in [6.45, 7) is 7.47. The first kappa shape index (κ1) is 22.2. The molecule has 1 aromatic carbocycles. The topological polar surface area (TPSA) is 58.1 Å². The van der Waals surface area contributed by atoms with Crippen molar-refractivity contribution in [3.63, 3.8) is 0 Å². The summed E-state index contributed by atoms with van der Waals surface area (Å²) in [5.41, 5.74) is 4.23. The number of likely N-dealkylation sites (tertiary alicyclic amines) is 1. The summed E-state index contributed by atoms with van der Waals surface area (Å²) in [7, 11) is 0. The SMILES string of the molecule is CC(C)CNC(=O)[C@]1(Cc2ccccc2-c2cccnc2)CCN(Cc2ccncc2)C1. The predicted octanol–water partition coefficient (Wildman–Crippen LogP) is 4.35. The lowest BCUT2D eigenvalue weighted by Gasteiger charge is -2.30. The van der Waals surface area contributed by atoms with E-state index in [9.17, 15) is 4.79 Å². The first-order chi connectivity index (χ1) is 15.6. The van der Waals surface area contributed by atoms with Gasteiger partial charge in [-0.3, -0.25) is 19.7 Å². The number of aromatic nitrogens is 2. The van der Waals surface area contributed by atoms with Gasteiger partial charge in [-0.1, -0.05) is 44.2 Å². The molecule has 0 radical (unpaired) electrons. The van der Waals surface area contributed by atoms with E-state index in [-0.39, 0.29) is 5.91 Å². The molecule has 1 aliphatic rings. The minimum Gasteiger partial charge on any atom is -0.355 e. The van der Waals surface area contributed by atoms with E-state index in [0.717, 1.165) is 43.6 Å². The Labute approximate surface area is 190 Å². The first-order valence-corrected chi connectivity index (χ1v) is 11.4. The maximum Gasteiger partial charge on any atom is 0.227 e. The third-order valence-electron chi connectivity index (χ3n) is 6.26. The van der Waals surface area contributed by atoms with Gasteiger partial charge in [-0.05, 0) is 60.2 Å². The van der Waals surface area contributed by atoms with Crippen LogP contribution in [0.3, 0.4) is 0 Å². The van der Waals surface area contributed by atoms with Crippen molar-refractivity contribution in [3.8, 4) is 11.1 Å². The van der Waals surface area contributed by atoms with Crippen LogP contribution in [0.5, 0.6) is 0 Å². The third kappa shape index (κ3) is 5.22. The van der Waals surface area contributed by atoms with Crippen LogP contribution in [0.25, 0.3) is 11.1 Å². The summed E-state index contributed by atoms with van der Waals surface area (Å²) in [4.78, 5) is 24.4. The Hall–Kier alpha value is -3.05. The first-order valence-electron chi connectivity index (χ1n) is 11.4. The van der Waals surface area contributed by atoms with E-state index in [1.807, 2.05) is 24.7 Å². The summed E-state index contributed by atoms with van der Waals surface area (Å²) in [5.74, 6) is 0.595. The van der Waals surface area contributed by atoms with Crippen LogP contribution in [0.2, 0.25) is 0 Å². The minimum atomic E-state index is -0.444. The number of nitrogens with zero attached hydrogens (tertiary/aromatic N) is 3. The van der Waals surface area contributed by atoms with E-state index < -0.39 is 5.41 Å². The highest BCUT2D eigenvalue weighted by atomic mass is 16.2. The molecule has 5 nitrogen and oxygen atoms in total. The molecule has 0 spiro atoms. The molecule has 1 N–H and O–H groups in total. The van der Waals surface area contributed by atoms with E-state index in [0.29, 0.717) is 12.5 Å². The molecule has 3 heterocycles. The predicted molar refractivity (Wildman–Crippen MR) is 128 cm³/mol. The molecule has 1 aliphatic heterocycles. The molecule has 3 aromatic rings. The number of carbonyl (C=O) groups is 1. The monoisotopic (exact) mass is 428 g/mol. The molecule has 5 heteroatoms. The number of hydrogen-bond donors (Lipinski definition) is 1. The number of rotatable bonds is 8. The lowest BCUT2D eigenvalue weighted by atomic mass is 9.78. The van der Waals surface area contributed by atoms with Gasteiger partial charge in [0.25, 0.3) is 0 Å². The van der Waals surface area contributed by atoms with Crippen molar-refractivity contribution in [3.05, 3.63) is 84.4 Å². The summed E-state index contributed by atoms with van der Waals surface area (Å²) in [5, 5.41) is 3.24. The van der Waals surface area contributed by atoms with Gasteiger partial charge in [0.2, 0.25) is 5.91 Å². The molecule has 0 aliphatic carbocycles. The van der Waals surface area contributed by atoms with Crippen LogP contribution in [0.4, 0.5) is 0 Å². The summed E-state index contributed by atoms with van der Waals surface area (Å²) >= 11 is 0. The van der Waals surface area contributed by atoms with Crippen LogP contribution in [0, 0.1) is 11.3 Å². The lowest BCUT2D eigenvalue weighted by molar-refractivity contribution is -0.130. The molecule has 2 aromatic heterocycles. The van der Waals surface area contributed by atoms with Crippen LogP contribution in [-0.4, -0.2) is 40.4 Å². The fraction of sp³-hybridized carbons (Fsp3) is 0.370. The Morgan fingerprint density at radius 2 is 1.88 bits per heavy atom. The second kappa shape index (κ2) is 10.0. The van der Waals surface area contributed by atoms with E-state index in [4.69, 9.17) is 0 Å². The number of carbonyl (C=O) groups excluding carboxylic acids is 1. The Balaban J connectivity index is 1.61. The Morgan fingerprint density at radius 1 is 1.06 bits per heavy atom. The zero-order chi connectivity index (χ0) is 22.4. The highest BCUT2D eigenvalue weighted by Crippen LogP contribution is 2.38. The molecule has 0 unspecified atom stereocenters. The minimum absolute atomic E-state index is 0.171. The van der Waals surface area contributed by atoms with Gasteiger partial charge in [-0.15, -0.1) is 0 Å². The summed E-state index contributed by atoms with van der Waals surface area (Å²) in [6.07, 6.45) is 8.92. The zero-order valence-electron chi connectivity index (χ0n) is 19.0. The van der Waals surface area contributed by atoms with E-state index in [1.54, 1.807) is 6.20 Å². The molecule has 0 saturated carbocycles. The van der Waals surface area contributed by atoms with Crippen LogP contribution in [0.15, 0.2) is 73.3 Å². The number of hydrogen-bond acceptors (Lipinski definition) is 4. The molecule has 1 saturated heterocycles. The average molecular weight is 429 g/mol. The van der Waals surface area contributed by atoms with Gasteiger partial charge < -0.3 is 5.32 Å². The van der Waals surface area contributed by atoms with Gasteiger partial charge in [0.1, 0.15) is 0 Å². The average Bonchev–Trinajstić information content (AvgIpc) is 3.22. The van der Waals surface area contributed by atoms with Gasteiger partial charge in [-0.25, -0.2) is 0 Å². The van der Waals surface area contributed by atoms with Crippen molar-refractivity contribution >= 4 is 5.91 Å². The van der Waals surface area contributed by atoms with Crippen molar-refractivity contribution < 1.29 is 4.79 Å². The molecule has 1 amide bonds. The van der Waals surface area contributed by atoms with Crippen molar-refractivity contribution in [2.45, 2.75) is 33.2 Å². The molecule has 1 fully saturated rings. The molecule has 1 atom stereocenters. The highest BCUT2D eigenvalue weighted by Gasteiger charge is 2.44. The van der Waals surface area contributed by atoms with Crippen molar-refractivity contribution in [1.82, 2.24) is 20.2 Å². The van der Waals surface area contributed by atoms with Gasteiger partial charge in [-0.2, -0.15) is 0 Å². The van der Waals surface area contributed by atoms with Gasteiger partial charge in [0.05, 0.1) is 5.41 Å². The summed E-state index contributed by atoms with van der Waals surface area (Å²) < 4.78 is 0. The molecule has 0 bridgehead atoms. The maximum absolute atomic E-state index is 13.6. The van der Waals surface area contributed by atoms with Gasteiger partial charge in [0, 0.05) is 50.0 Å². The Morgan fingerprint density at radius 3 is 2.62 bits per heavy atom. The van der Waals surface area contributed by atoms with Crippen LogP contribution in [0.1, 0.15) is 31.4 Å². The number of nitrogens with one attached hydrogen (secondary N) is 1. The third-order valence-corrected chi connectivity index (χ3v) is 6.26. The van der Waals surface area contributed by atoms with E-state index >= 15 is 0 Å². The van der Waals surface area contributed by atoms with Crippen molar-refractivity contribution in [2.24, 2.45) is 11.3 Å². The van der Waals surface area contributed by atoms with E-state index in [1.165, 1.54) is 11.1 Å². The largest absolute Gasteiger partial charge is 0.355 e. The van der Waals surface area contributed by atoms with Crippen molar-refractivity contribution in [2.75, 3.05) is 19.6 Å². The molecule has 4 rings (SSSR count). The summed E-state index contributed by atoms with van der Waals surface area (Å²) in [6, 6.07) is 16.6. The fourth-order valence-corrected chi connectivity index (χ4v) is 4.58. The van der Waals surface area contributed by atoms with Crippen LogP contribution in [-0.2, 0) is 17.8 Å². The van der Waals surface area contributed by atoms with Crippen molar-refractivity contribution in [1.29, 1.82) is 0 Å². The van der Waals surface area contributed by atoms with E-state index in [2.05, 4.69) is 76.5 Å². The molecule has 32 heavy (non-hydrogen) atoms. The number of amides is 1. The normalized spacial score (nSPS) is 18.7. The fourth-order valence-electron chi connectivity index (χ4n) is 4.58.